The molecule has 0 saturated carbocycles. The van der Waals surface area contributed by atoms with E-state index in [4.69, 9.17) is 0 Å². The molecular weight excluding hydrogens is 245 g/mol. The Morgan fingerprint density at radius 1 is 1.17 bits per heavy atom. The summed E-state index contributed by atoms with van der Waals surface area (Å²) in [6.07, 6.45) is -4.76. The molecule has 0 saturated heterocycles. The van der Waals surface area contributed by atoms with E-state index >= 15 is 0 Å². The van der Waals surface area contributed by atoms with Crippen LogP contribution in [0.25, 0.3) is 5.76 Å². The number of benzene rings is 1. The number of aliphatic hydroxyl groups excluding tert-OH is 1. The van der Waals surface area contributed by atoms with Crippen molar-refractivity contribution in [3.63, 3.8) is 0 Å². The fourth-order valence-corrected chi connectivity index (χ4v) is 1.86. The third kappa shape index (κ3) is 3.12. The number of carbonyl (C=O) groups is 1. The second kappa shape index (κ2) is 4.84. The number of rotatable bonds is 2. The van der Waals surface area contributed by atoms with Crippen molar-refractivity contribution in [3.05, 3.63) is 40.5 Å². The quantitative estimate of drug-likeness (QED) is 0.649. The first-order chi connectivity index (χ1) is 8.12. The highest BCUT2D eigenvalue weighted by Gasteiger charge is 2.37. The Kier molecular flexibility index (Phi) is 3.84. The number of hydrogen-bond acceptors (Lipinski definition) is 2. The Morgan fingerprint density at radius 3 is 2.00 bits per heavy atom. The lowest BCUT2D eigenvalue weighted by Crippen LogP contribution is -2.20. The van der Waals surface area contributed by atoms with Gasteiger partial charge in [0.15, 0.2) is 0 Å². The van der Waals surface area contributed by atoms with Gasteiger partial charge in [-0.05, 0) is 31.9 Å². The maximum absolute atomic E-state index is 12.1. The number of aryl methyl sites for hydroxylation is 3. The van der Waals surface area contributed by atoms with Crippen LogP contribution < -0.4 is 0 Å². The van der Waals surface area contributed by atoms with Crippen LogP contribution in [0.5, 0.6) is 0 Å². The zero-order valence-corrected chi connectivity index (χ0v) is 10.2. The summed E-state index contributed by atoms with van der Waals surface area (Å²) in [5.74, 6) is -2.73. The third-order valence-electron chi connectivity index (χ3n) is 2.48. The lowest BCUT2D eigenvalue weighted by atomic mass is 9.98. The number of ketones is 1. The molecule has 0 aliphatic carbocycles. The molecule has 1 rings (SSSR count). The van der Waals surface area contributed by atoms with Crippen molar-refractivity contribution in [3.8, 4) is 0 Å². The maximum Gasteiger partial charge on any atom is 0.454 e. The molecule has 0 fully saturated rings. The van der Waals surface area contributed by atoms with E-state index in [1.807, 2.05) is 6.92 Å². The standard InChI is InChI=1S/C13H13F3O2/c1-7-4-8(2)12(9(3)5-7)10(17)6-11(18)13(14,15)16/h4-6,17H,1-3H3/b10-6-. The Labute approximate surface area is 103 Å². The summed E-state index contributed by atoms with van der Waals surface area (Å²) < 4.78 is 36.3. The van der Waals surface area contributed by atoms with Gasteiger partial charge in [-0.1, -0.05) is 17.7 Å². The fourth-order valence-electron chi connectivity index (χ4n) is 1.86. The second-order valence-electron chi connectivity index (χ2n) is 4.17. The lowest BCUT2D eigenvalue weighted by molar-refractivity contribution is -0.165. The second-order valence-corrected chi connectivity index (χ2v) is 4.17. The van der Waals surface area contributed by atoms with E-state index in [1.165, 1.54) is 0 Å². The summed E-state index contributed by atoms with van der Waals surface area (Å²) in [6, 6.07) is 3.45. The van der Waals surface area contributed by atoms with Gasteiger partial charge in [0.1, 0.15) is 5.76 Å². The number of alkyl halides is 3. The van der Waals surface area contributed by atoms with Crippen molar-refractivity contribution in [1.29, 1.82) is 0 Å². The molecule has 18 heavy (non-hydrogen) atoms. The molecule has 0 heterocycles. The van der Waals surface area contributed by atoms with Crippen LogP contribution in [0.1, 0.15) is 22.3 Å². The highest BCUT2D eigenvalue weighted by Crippen LogP contribution is 2.25. The van der Waals surface area contributed by atoms with Gasteiger partial charge in [-0.15, -0.1) is 0 Å². The van der Waals surface area contributed by atoms with Crippen molar-refractivity contribution in [2.75, 3.05) is 0 Å². The van der Waals surface area contributed by atoms with Crippen LogP contribution >= 0.6 is 0 Å². The van der Waals surface area contributed by atoms with E-state index in [9.17, 15) is 23.1 Å². The van der Waals surface area contributed by atoms with Gasteiger partial charge < -0.3 is 5.11 Å². The minimum absolute atomic E-state index is 0.213. The van der Waals surface area contributed by atoms with Crippen LogP contribution in [-0.2, 0) is 4.79 Å². The van der Waals surface area contributed by atoms with Gasteiger partial charge in [0.25, 0.3) is 5.78 Å². The van der Waals surface area contributed by atoms with E-state index in [2.05, 4.69) is 0 Å². The summed E-state index contributed by atoms with van der Waals surface area (Å²) in [7, 11) is 0. The molecule has 1 N–H and O–H groups in total. The minimum Gasteiger partial charge on any atom is -0.507 e. The third-order valence-corrected chi connectivity index (χ3v) is 2.48. The Balaban J connectivity index is 3.24. The number of halogens is 3. The Bertz CT molecular complexity index is 490. The molecular formula is C13H13F3O2. The summed E-state index contributed by atoms with van der Waals surface area (Å²) in [4.78, 5) is 10.8. The van der Waals surface area contributed by atoms with Crippen LogP contribution in [0.15, 0.2) is 18.2 Å². The van der Waals surface area contributed by atoms with Crippen molar-refractivity contribution in [2.45, 2.75) is 26.9 Å². The molecule has 1 aromatic rings. The first-order valence-corrected chi connectivity index (χ1v) is 5.23. The van der Waals surface area contributed by atoms with Crippen LogP contribution in [0, 0.1) is 20.8 Å². The predicted molar refractivity (Wildman–Crippen MR) is 62.3 cm³/mol. The summed E-state index contributed by atoms with van der Waals surface area (Å²) >= 11 is 0. The largest absolute Gasteiger partial charge is 0.507 e. The van der Waals surface area contributed by atoms with Crippen molar-refractivity contribution < 1.29 is 23.1 Å². The maximum atomic E-state index is 12.1. The highest BCUT2D eigenvalue weighted by atomic mass is 19.4. The van der Waals surface area contributed by atoms with Gasteiger partial charge in [-0.3, -0.25) is 4.79 Å². The SMILES string of the molecule is Cc1cc(C)c(/C(O)=C/C(=O)C(F)(F)F)c(C)c1. The first kappa shape index (κ1) is 14.3. The summed E-state index contributed by atoms with van der Waals surface area (Å²) in [6.45, 7) is 5.17. The smallest absolute Gasteiger partial charge is 0.454 e. The molecule has 0 amide bonds. The molecule has 98 valence electrons. The molecule has 0 unspecified atom stereocenters. The number of carbonyl (C=O) groups excluding carboxylic acids is 1. The molecule has 0 spiro atoms. The molecule has 5 heteroatoms. The van der Waals surface area contributed by atoms with Crippen LogP contribution in [0.3, 0.4) is 0 Å². The van der Waals surface area contributed by atoms with E-state index in [0.29, 0.717) is 11.1 Å². The minimum atomic E-state index is -4.97. The van der Waals surface area contributed by atoms with Crippen molar-refractivity contribution in [1.82, 2.24) is 0 Å². The van der Waals surface area contributed by atoms with Crippen LogP contribution in [0.4, 0.5) is 13.2 Å². The van der Waals surface area contributed by atoms with Gasteiger partial charge in [-0.25, -0.2) is 0 Å². The molecule has 0 radical (unpaired) electrons. The predicted octanol–water partition coefficient (Wildman–Crippen LogP) is 3.64. The van der Waals surface area contributed by atoms with E-state index < -0.39 is 17.7 Å². The summed E-state index contributed by atoms with van der Waals surface area (Å²) in [5.41, 5.74) is 2.44. The van der Waals surface area contributed by atoms with Gasteiger partial charge in [0.2, 0.25) is 0 Å². The van der Waals surface area contributed by atoms with E-state index in [0.717, 1.165) is 5.56 Å². The average molecular weight is 258 g/mol. The number of aliphatic hydroxyl groups is 1. The van der Waals surface area contributed by atoms with Crippen LogP contribution in [-0.4, -0.2) is 17.1 Å². The van der Waals surface area contributed by atoms with Crippen molar-refractivity contribution >= 4 is 11.5 Å². The molecule has 0 atom stereocenters. The van der Waals surface area contributed by atoms with Gasteiger partial charge in [0.05, 0.1) is 0 Å². The lowest BCUT2D eigenvalue weighted by Gasteiger charge is -2.10. The fraction of sp³-hybridized carbons (Fsp3) is 0.308. The first-order valence-electron chi connectivity index (χ1n) is 5.23. The molecule has 1 aromatic carbocycles. The van der Waals surface area contributed by atoms with Gasteiger partial charge >= 0.3 is 6.18 Å². The number of allylic oxidation sites excluding steroid dienone is 1. The zero-order chi connectivity index (χ0) is 14.1. The zero-order valence-electron chi connectivity index (χ0n) is 10.2. The van der Waals surface area contributed by atoms with Crippen molar-refractivity contribution in [2.24, 2.45) is 0 Å². The average Bonchev–Trinajstić information content (AvgIpc) is 2.13. The van der Waals surface area contributed by atoms with Gasteiger partial charge in [0, 0.05) is 11.6 Å². The monoisotopic (exact) mass is 258 g/mol. The number of hydrogen-bond donors (Lipinski definition) is 1. The summed E-state index contributed by atoms with van der Waals surface area (Å²) in [5, 5.41) is 9.65. The Morgan fingerprint density at radius 2 is 1.61 bits per heavy atom. The molecule has 0 bridgehead atoms. The normalized spacial score (nSPS) is 12.7. The van der Waals surface area contributed by atoms with E-state index in [-0.39, 0.29) is 11.6 Å². The Hall–Kier alpha value is -1.78. The molecule has 0 aliphatic heterocycles. The van der Waals surface area contributed by atoms with E-state index in [1.54, 1.807) is 26.0 Å². The molecule has 0 aliphatic rings. The molecule has 0 aromatic heterocycles. The van der Waals surface area contributed by atoms with Gasteiger partial charge in [-0.2, -0.15) is 13.2 Å². The highest BCUT2D eigenvalue weighted by molar-refractivity contribution is 5.99. The molecule has 2 nitrogen and oxygen atoms in total. The topological polar surface area (TPSA) is 37.3 Å². The van der Waals surface area contributed by atoms with Crippen LogP contribution in [0.2, 0.25) is 0 Å².